The first-order valence-electron chi connectivity index (χ1n) is 5.36. The van der Waals surface area contributed by atoms with E-state index >= 15 is 0 Å². The van der Waals surface area contributed by atoms with E-state index in [1.807, 2.05) is 13.2 Å². The molecule has 0 N–H and O–H groups in total. The van der Waals surface area contributed by atoms with Gasteiger partial charge in [-0.1, -0.05) is 25.8 Å². The largest absolute Gasteiger partial charge is 0.347 e. The fraction of sp³-hybridized carbons (Fsp3) is 0.214. The Morgan fingerprint density at radius 1 is 1.50 bits per heavy atom. The van der Waals surface area contributed by atoms with Crippen molar-refractivity contribution in [1.29, 1.82) is 0 Å². The Bertz CT molecular complexity index is 472. The zero-order chi connectivity index (χ0) is 11.7. The fourth-order valence-corrected chi connectivity index (χ4v) is 2.01. The first kappa shape index (κ1) is 10.7. The molecule has 0 atom stereocenters. The van der Waals surface area contributed by atoms with E-state index in [1.165, 1.54) is 5.56 Å². The van der Waals surface area contributed by atoms with Crippen LogP contribution < -0.4 is 4.90 Å². The van der Waals surface area contributed by atoms with Crippen LogP contribution in [0.1, 0.15) is 17.7 Å². The van der Waals surface area contributed by atoms with Gasteiger partial charge in [0.25, 0.3) is 0 Å². The predicted octanol–water partition coefficient (Wildman–Crippen LogP) is 3.18. The second-order valence-corrected chi connectivity index (χ2v) is 4.02. The highest BCUT2D eigenvalue weighted by atomic mass is 15.1. The third-order valence-corrected chi connectivity index (χ3v) is 3.05. The van der Waals surface area contributed by atoms with E-state index in [2.05, 4.69) is 35.7 Å². The molecule has 0 amide bonds. The molecule has 0 saturated carbocycles. The number of aryl methyl sites for hydroxylation is 1. The highest BCUT2D eigenvalue weighted by molar-refractivity contribution is 5.81. The van der Waals surface area contributed by atoms with Gasteiger partial charge in [-0.15, -0.1) is 0 Å². The predicted molar refractivity (Wildman–Crippen MR) is 69.3 cm³/mol. The average molecular weight is 212 g/mol. The van der Waals surface area contributed by atoms with Gasteiger partial charge in [0.05, 0.1) is 11.4 Å². The Labute approximate surface area is 96.6 Å². The van der Waals surface area contributed by atoms with Gasteiger partial charge in [0.1, 0.15) is 0 Å². The van der Waals surface area contributed by atoms with E-state index in [1.54, 1.807) is 6.08 Å². The molecule has 2 heteroatoms. The highest BCUT2D eigenvalue weighted by Gasteiger charge is 2.21. The lowest BCUT2D eigenvalue weighted by molar-refractivity contribution is 0.836. The summed E-state index contributed by atoms with van der Waals surface area (Å²) in [6.45, 7) is 11.8. The Hall–Kier alpha value is -1.83. The van der Waals surface area contributed by atoms with E-state index in [0.29, 0.717) is 0 Å². The molecule has 0 aromatic carbocycles. The van der Waals surface area contributed by atoms with Crippen molar-refractivity contribution in [1.82, 2.24) is 4.98 Å². The van der Waals surface area contributed by atoms with Gasteiger partial charge < -0.3 is 4.90 Å². The number of aromatic nitrogens is 1. The molecule has 0 unspecified atom stereocenters. The van der Waals surface area contributed by atoms with Gasteiger partial charge in [-0.25, -0.2) is 0 Å². The molecule has 0 aliphatic carbocycles. The summed E-state index contributed by atoms with van der Waals surface area (Å²) in [5.74, 6) is 0. The highest BCUT2D eigenvalue weighted by Crippen LogP contribution is 2.35. The van der Waals surface area contributed by atoms with E-state index in [-0.39, 0.29) is 0 Å². The molecule has 2 nitrogen and oxygen atoms in total. The topological polar surface area (TPSA) is 16.1 Å². The number of hydrogen-bond acceptors (Lipinski definition) is 2. The molecule has 0 radical (unpaired) electrons. The van der Waals surface area contributed by atoms with Gasteiger partial charge in [-0.3, -0.25) is 4.98 Å². The van der Waals surface area contributed by atoms with Crippen LogP contribution in [0, 0.1) is 0 Å². The molecule has 16 heavy (non-hydrogen) atoms. The Kier molecular flexibility index (Phi) is 2.65. The third kappa shape index (κ3) is 1.56. The standard InChI is InChI=1S/C14H16N2/c1-5-10(2)13-14-12(8-9-15-13)7-6-11(3)16(14)4/h5,8-9H,1-3,6-7H2,4H3. The third-order valence-electron chi connectivity index (χ3n) is 3.05. The van der Waals surface area contributed by atoms with E-state index < -0.39 is 0 Å². The molecule has 0 fully saturated rings. The minimum atomic E-state index is 0.860. The van der Waals surface area contributed by atoms with Crippen molar-refractivity contribution in [2.24, 2.45) is 0 Å². The van der Waals surface area contributed by atoms with Crippen molar-refractivity contribution in [2.45, 2.75) is 12.8 Å². The Balaban J connectivity index is 2.61. The SMILES string of the molecule is C=CC(=C)c1nccc2c1N(C)C(=C)CC2. The molecular formula is C14H16N2. The van der Waals surface area contributed by atoms with Gasteiger partial charge in [0.2, 0.25) is 0 Å². The monoisotopic (exact) mass is 212 g/mol. The fourth-order valence-electron chi connectivity index (χ4n) is 2.01. The van der Waals surface area contributed by atoms with Crippen LogP contribution in [0.2, 0.25) is 0 Å². The van der Waals surface area contributed by atoms with Gasteiger partial charge >= 0.3 is 0 Å². The van der Waals surface area contributed by atoms with E-state index in [9.17, 15) is 0 Å². The molecule has 2 heterocycles. The molecule has 1 aliphatic heterocycles. The average Bonchev–Trinajstić information content (AvgIpc) is 2.32. The van der Waals surface area contributed by atoms with Crippen molar-refractivity contribution in [3.63, 3.8) is 0 Å². The van der Waals surface area contributed by atoms with Gasteiger partial charge in [0, 0.05) is 18.9 Å². The van der Waals surface area contributed by atoms with Crippen LogP contribution in [0.15, 0.2) is 43.8 Å². The minimum absolute atomic E-state index is 0.860. The number of anilines is 1. The smallest absolute Gasteiger partial charge is 0.0935 e. The maximum absolute atomic E-state index is 4.39. The summed E-state index contributed by atoms with van der Waals surface area (Å²) in [5, 5.41) is 0. The zero-order valence-electron chi connectivity index (χ0n) is 9.66. The summed E-state index contributed by atoms with van der Waals surface area (Å²) in [5.41, 5.74) is 5.33. The van der Waals surface area contributed by atoms with E-state index in [4.69, 9.17) is 0 Å². The molecule has 1 aliphatic rings. The second kappa shape index (κ2) is 3.97. The summed E-state index contributed by atoms with van der Waals surface area (Å²) in [7, 11) is 2.03. The van der Waals surface area contributed by atoms with Crippen LogP contribution in [-0.2, 0) is 6.42 Å². The normalized spacial score (nSPS) is 14.6. The molecule has 1 aromatic rings. The molecule has 2 rings (SSSR count). The Morgan fingerprint density at radius 3 is 2.94 bits per heavy atom. The van der Waals surface area contributed by atoms with Crippen molar-refractivity contribution in [3.05, 3.63) is 55.0 Å². The lowest BCUT2D eigenvalue weighted by Gasteiger charge is -2.31. The summed E-state index contributed by atoms with van der Waals surface area (Å²) in [6, 6.07) is 2.07. The van der Waals surface area contributed by atoms with Crippen molar-refractivity contribution >= 4 is 11.3 Å². The van der Waals surface area contributed by atoms with Crippen LogP contribution in [0.25, 0.3) is 5.57 Å². The second-order valence-electron chi connectivity index (χ2n) is 4.02. The maximum Gasteiger partial charge on any atom is 0.0935 e. The lowest BCUT2D eigenvalue weighted by atomic mass is 9.97. The Morgan fingerprint density at radius 2 is 2.25 bits per heavy atom. The number of hydrogen-bond donors (Lipinski definition) is 0. The van der Waals surface area contributed by atoms with Gasteiger partial charge in [-0.2, -0.15) is 0 Å². The summed E-state index contributed by atoms with van der Waals surface area (Å²) in [6.07, 6.45) is 5.62. The maximum atomic E-state index is 4.39. The summed E-state index contributed by atoms with van der Waals surface area (Å²) >= 11 is 0. The van der Waals surface area contributed by atoms with Gasteiger partial charge in [-0.05, 0) is 30.0 Å². The number of rotatable bonds is 2. The van der Waals surface area contributed by atoms with Crippen LogP contribution in [-0.4, -0.2) is 12.0 Å². The molecule has 0 bridgehead atoms. The van der Waals surface area contributed by atoms with Gasteiger partial charge in [0.15, 0.2) is 0 Å². The molecule has 0 spiro atoms. The molecule has 1 aromatic heterocycles. The summed E-state index contributed by atoms with van der Waals surface area (Å²) in [4.78, 5) is 6.50. The van der Waals surface area contributed by atoms with Crippen molar-refractivity contribution in [3.8, 4) is 0 Å². The zero-order valence-corrected chi connectivity index (χ0v) is 9.66. The first-order valence-corrected chi connectivity index (χ1v) is 5.36. The first-order chi connectivity index (χ1) is 7.65. The number of pyridine rings is 1. The lowest BCUT2D eigenvalue weighted by Crippen LogP contribution is -2.23. The number of allylic oxidation sites excluding steroid dienone is 3. The van der Waals surface area contributed by atoms with Crippen LogP contribution in [0.4, 0.5) is 5.69 Å². The quantitative estimate of drug-likeness (QED) is 0.700. The minimum Gasteiger partial charge on any atom is -0.347 e. The van der Waals surface area contributed by atoms with Crippen molar-refractivity contribution in [2.75, 3.05) is 11.9 Å². The van der Waals surface area contributed by atoms with Crippen LogP contribution in [0.3, 0.4) is 0 Å². The van der Waals surface area contributed by atoms with Crippen LogP contribution in [0.5, 0.6) is 0 Å². The molecular weight excluding hydrogens is 196 g/mol. The van der Waals surface area contributed by atoms with Crippen molar-refractivity contribution < 1.29 is 0 Å². The summed E-state index contributed by atoms with van der Waals surface area (Å²) < 4.78 is 0. The van der Waals surface area contributed by atoms with Crippen LogP contribution >= 0.6 is 0 Å². The molecule has 82 valence electrons. The van der Waals surface area contributed by atoms with E-state index in [0.717, 1.165) is 35.5 Å². The number of nitrogens with zero attached hydrogens (tertiary/aromatic N) is 2. The molecule has 0 saturated heterocycles. The number of fused-ring (bicyclic) bond motifs is 1.